The van der Waals surface area contributed by atoms with E-state index in [-0.39, 0.29) is 17.9 Å². The lowest BCUT2D eigenvalue weighted by Crippen LogP contribution is -2.30. The average molecular weight is 310 g/mol. The predicted molar refractivity (Wildman–Crippen MR) is 96.7 cm³/mol. The highest BCUT2D eigenvalue weighted by atomic mass is 16.1. The Morgan fingerprint density at radius 3 is 2.35 bits per heavy atom. The smallest absolute Gasteiger partial charge is 0.239 e. The van der Waals surface area contributed by atoms with E-state index >= 15 is 0 Å². The Balaban J connectivity index is 1.92. The third-order valence-corrected chi connectivity index (χ3v) is 3.91. The van der Waals surface area contributed by atoms with Crippen LogP contribution in [-0.2, 0) is 16.8 Å². The number of amides is 1. The largest absolute Gasteiger partial charge is 0.376 e. The van der Waals surface area contributed by atoms with Crippen molar-refractivity contribution in [3.63, 3.8) is 0 Å². The van der Waals surface area contributed by atoms with Crippen LogP contribution in [0.3, 0.4) is 0 Å². The van der Waals surface area contributed by atoms with Crippen LogP contribution in [0.1, 0.15) is 37.5 Å². The second-order valence-electron chi connectivity index (χ2n) is 6.85. The van der Waals surface area contributed by atoms with Gasteiger partial charge in [-0.1, -0.05) is 63.2 Å². The summed E-state index contributed by atoms with van der Waals surface area (Å²) < 4.78 is 0. The first kappa shape index (κ1) is 17.1. The molecule has 0 aliphatic heterocycles. The molecule has 0 unspecified atom stereocenters. The maximum Gasteiger partial charge on any atom is 0.239 e. The molecule has 0 atom stereocenters. The van der Waals surface area contributed by atoms with Crippen molar-refractivity contribution in [2.45, 2.75) is 39.7 Å². The van der Waals surface area contributed by atoms with Gasteiger partial charge in [0.25, 0.3) is 0 Å². The van der Waals surface area contributed by atoms with Gasteiger partial charge in [-0.3, -0.25) is 4.79 Å². The molecule has 1 amide bonds. The molecule has 0 bridgehead atoms. The van der Waals surface area contributed by atoms with Crippen molar-refractivity contribution < 1.29 is 4.79 Å². The van der Waals surface area contributed by atoms with Gasteiger partial charge in [-0.05, 0) is 35.1 Å². The molecule has 0 aromatic heterocycles. The number of hydrogen-bond donors (Lipinski definition) is 2. The highest BCUT2D eigenvalue weighted by Crippen LogP contribution is 2.28. The summed E-state index contributed by atoms with van der Waals surface area (Å²) in [5.41, 5.74) is 4.62. The topological polar surface area (TPSA) is 41.1 Å². The number of anilines is 1. The Kier molecular flexibility index (Phi) is 5.43. The van der Waals surface area contributed by atoms with Crippen molar-refractivity contribution in [2.24, 2.45) is 0 Å². The molecule has 0 saturated carbocycles. The van der Waals surface area contributed by atoms with Crippen molar-refractivity contribution in [2.75, 3.05) is 11.9 Å². The number of carbonyl (C=O) groups excluding carboxylic acids is 1. The first-order chi connectivity index (χ1) is 10.9. The van der Waals surface area contributed by atoms with Gasteiger partial charge in [0, 0.05) is 12.2 Å². The Bertz CT molecular complexity index is 671. The first-order valence-corrected chi connectivity index (χ1v) is 8.02. The van der Waals surface area contributed by atoms with E-state index in [1.165, 1.54) is 11.1 Å². The maximum atomic E-state index is 12.1. The second-order valence-corrected chi connectivity index (χ2v) is 6.85. The monoisotopic (exact) mass is 310 g/mol. The van der Waals surface area contributed by atoms with Crippen LogP contribution in [0.4, 0.5) is 5.69 Å². The minimum absolute atomic E-state index is 0.00281. The van der Waals surface area contributed by atoms with Crippen molar-refractivity contribution in [3.05, 3.63) is 65.2 Å². The molecule has 0 aliphatic rings. The van der Waals surface area contributed by atoms with E-state index in [2.05, 4.69) is 50.5 Å². The van der Waals surface area contributed by atoms with Crippen LogP contribution >= 0.6 is 0 Å². The summed E-state index contributed by atoms with van der Waals surface area (Å²) in [6.07, 6.45) is 0. The fourth-order valence-corrected chi connectivity index (χ4v) is 2.53. The quantitative estimate of drug-likeness (QED) is 0.875. The van der Waals surface area contributed by atoms with Gasteiger partial charge in [0.2, 0.25) is 5.91 Å². The normalized spacial score (nSPS) is 11.1. The minimum Gasteiger partial charge on any atom is -0.376 e. The standard InChI is InChI=1S/C20H26N2O/c1-15-9-5-6-10-16(15)13-22-19(23)14-21-18-12-8-7-11-17(18)20(2,3)4/h5-12,21H,13-14H2,1-4H3,(H,22,23). The number of benzene rings is 2. The number of carbonyl (C=O) groups is 1. The number of nitrogens with one attached hydrogen (secondary N) is 2. The molecule has 3 heteroatoms. The minimum atomic E-state index is -0.00281. The molecule has 122 valence electrons. The van der Waals surface area contributed by atoms with Crippen LogP contribution in [0.15, 0.2) is 48.5 Å². The molecular formula is C20H26N2O. The van der Waals surface area contributed by atoms with Gasteiger partial charge in [-0.15, -0.1) is 0 Å². The average Bonchev–Trinajstić information content (AvgIpc) is 2.51. The molecule has 0 radical (unpaired) electrons. The fourth-order valence-electron chi connectivity index (χ4n) is 2.53. The zero-order chi connectivity index (χ0) is 16.9. The van der Waals surface area contributed by atoms with Crippen LogP contribution in [-0.4, -0.2) is 12.5 Å². The van der Waals surface area contributed by atoms with Crippen molar-refractivity contribution in [1.29, 1.82) is 0 Å². The Morgan fingerprint density at radius 1 is 1.00 bits per heavy atom. The highest BCUT2D eigenvalue weighted by molar-refractivity contribution is 5.81. The summed E-state index contributed by atoms with van der Waals surface area (Å²) in [4.78, 5) is 12.1. The van der Waals surface area contributed by atoms with E-state index in [9.17, 15) is 4.79 Å². The Hall–Kier alpha value is -2.29. The summed E-state index contributed by atoms with van der Waals surface area (Å²) in [6.45, 7) is 9.41. The molecular weight excluding hydrogens is 284 g/mol. The third kappa shape index (κ3) is 4.85. The van der Waals surface area contributed by atoms with Gasteiger partial charge >= 0.3 is 0 Å². The molecule has 0 heterocycles. The Morgan fingerprint density at radius 2 is 1.65 bits per heavy atom. The van der Waals surface area contributed by atoms with E-state index in [0.717, 1.165) is 11.3 Å². The number of aryl methyl sites for hydroxylation is 1. The lowest BCUT2D eigenvalue weighted by molar-refractivity contribution is -0.119. The Labute approximate surface area is 139 Å². The van der Waals surface area contributed by atoms with Crippen LogP contribution in [0.5, 0.6) is 0 Å². The van der Waals surface area contributed by atoms with E-state index in [0.29, 0.717) is 6.54 Å². The molecule has 0 saturated heterocycles. The molecule has 2 N–H and O–H groups in total. The summed E-state index contributed by atoms with van der Waals surface area (Å²) in [5, 5.41) is 6.23. The SMILES string of the molecule is Cc1ccccc1CNC(=O)CNc1ccccc1C(C)(C)C. The zero-order valence-corrected chi connectivity index (χ0v) is 14.4. The maximum absolute atomic E-state index is 12.1. The third-order valence-electron chi connectivity index (χ3n) is 3.91. The van der Waals surface area contributed by atoms with Crippen LogP contribution in [0, 0.1) is 6.92 Å². The molecule has 23 heavy (non-hydrogen) atoms. The summed E-state index contributed by atoms with van der Waals surface area (Å²) >= 11 is 0. The van der Waals surface area contributed by atoms with E-state index in [4.69, 9.17) is 0 Å². The first-order valence-electron chi connectivity index (χ1n) is 8.02. The zero-order valence-electron chi connectivity index (χ0n) is 14.4. The number of rotatable bonds is 5. The van der Waals surface area contributed by atoms with Crippen LogP contribution in [0.25, 0.3) is 0 Å². The summed E-state index contributed by atoms with van der Waals surface area (Å²) in [6, 6.07) is 16.2. The van der Waals surface area contributed by atoms with Crippen molar-refractivity contribution in [3.8, 4) is 0 Å². The van der Waals surface area contributed by atoms with Gasteiger partial charge in [0.15, 0.2) is 0 Å². The van der Waals surface area contributed by atoms with Gasteiger partial charge in [-0.25, -0.2) is 0 Å². The molecule has 0 spiro atoms. The fraction of sp³-hybridized carbons (Fsp3) is 0.350. The highest BCUT2D eigenvalue weighted by Gasteiger charge is 2.17. The number of hydrogen-bond acceptors (Lipinski definition) is 2. The van der Waals surface area contributed by atoms with E-state index < -0.39 is 0 Å². The molecule has 0 fully saturated rings. The van der Waals surface area contributed by atoms with E-state index in [1.54, 1.807) is 0 Å². The molecule has 2 aromatic rings. The van der Waals surface area contributed by atoms with Crippen molar-refractivity contribution >= 4 is 11.6 Å². The van der Waals surface area contributed by atoms with Gasteiger partial charge < -0.3 is 10.6 Å². The summed E-state index contributed by atoms with van der Waals surface area (Å²) in [5.74, 6) is -0.00281. The molecule has 2 rings (SSSR count). The lowest BCUT2D eigenvalue weighted by Gasteiger charge is -2.23. The van der Waals surface area contributed by atoms with Gasteiger partial charge in [0.05, 0.1) is 6.54 Å². The second kappa shape index (κ2) is 7.32. The molecule has 0 aliphatic carbocycles. The predicted octanol–water partition coefficient (Wildman–Crippen LogP) is 4.02. The summed E-state index contributed by atoms with van der Waals surface area (Å²) in [7, 11) is 0. The molecule has 3 nitrogen and oxygen atoms in total. The van der Waals surface area contributed by atoms with Crippen LogP contribution < -0.4 is 10.6 Å². The van der Waals surface area contributed by atoms with Gasteiger partial charge in [-0.2, -0.15) is 0 Å². The van der Waals surface area contributed by atoms with Crippen LogP contribution in [0.2, 0.25) is 0 Å². The van der Waals surface area contributed by atoms with Crippen molar-refractivity contribution in [1.82, 2.24) is 5.32 Å². The lowest BCUT2D eigenvalue weighted by atomic mass is 9.86. The van der Waals surface area contributed by atoms with Gasteiger partial charge in [0.1, 0.15) is 0 Å². The van der Waals surface area contributed by atoms with E-state index in [1.807, 2.05) is 36.4 Å². The molecule has 2 aromatic carbocycles. The number of para-hydroxylation sites is 1.